The van der Waals surface area contributed by atoms with Crippen LogP contribution in [0.2, 0.25) is 5.02 Å². The van der Waals surface area contributed by atoms with Crippen molar-refractivity contribution in [3.05, 3.63) is 63.1 Å². The van der Waals surface area contributed by atoms with Crippen LogP contribution in [0.4, 0.5) is 0 Å². The molecule has 0 fully saturated rings. The summed E-state index contributed by atoms with van der Waals surface area (Å²) in [5.41, 5.74) is 1.96. The van der Waals surface area contributed by atoms with E-state index >= 15 is 0 Å². The van der Waals surface area contributed by atoms with Crippen LogP contribution in [-0.4, -0.2) is 35.9 Å². The maximum atomic E-state index is 13.3. The molecule has 0 radical (unpaired) electrons. The molecule has 0 aromatic heterocycles. The molecule has 0 aliphatic rings. The Bertz CT molecular complexity index is 949. The van der Waals surface area contributed by atoms with Gasteiger partial charge in [0, 0.05) is 18.1 Å². The van der Waals surface area contributed by atoms with E-state index < -0.39 is 6.04 Å². The SMILES string of the molecule is CC[C@H](C(=O)NCC(C)C)N(Cc1ccccc1Cl)C(=O)COc1ccc(C(C)C)cc1Br. The van der Waals surface area contributed by atoms with E-state index in [4.69, 9.17) is 16.3 Å². The van der Waals surface area contributed by atoms with Crippen molar-refractivity contribution in [1.82, 2.24) is 10.2 Å². The monoisotopic (exact) mass is 536 g/mol. The Morgan fingerprint density at radius 2 is 1.82 bits per heavy atom. The highest BCUT2D eigenvalue weighted by Gasteiger charge is 2.29. The highest BCUT2D eigenvalue weighted by molar-refractivity contribution is 9.10. The van der Waals surface area contributed by atoms with Crippen LogP contribution in [0.1, 0.15) is 58.1 Å². The second-order valence-electron chi connectivity index (χ2n) is 8.81. The molecule has 2 aromatic carbocycles. The van der Waals surface area contributed by atoms with Gasteiger partial charge in [0.2, 0.25) is 5.91 Å². The Labute approximate surface area is 211 Å². The summed E-state index contributed by atoms with van der Waals surface area (Å²) in [5, 5.41) is 3.51. The molecule has 0 aliphatic carbocycles. The summed E-state index contributed by atoms with van der Waals surface area (Å²) in [4.78, 5) is 27.8. The topological polar surface area (TPSA) is 58.6 Å². The molecule has 1 atom stereocenters. The van der Waals surface area contributed by atoms with Crippen LogP contribution < -0.4 is 10.1 Å². The predicted molar refractivity (Wildman–Crippen MR) is 138 cm³/mol. The summed E-state index contributed by atoms with van der Waals surface area (Å²) < 4.78 is 6.64. The summed E-state index contributed by atoms with van der Waals surface area (Å²) >= 11 is 9.90. The van der Waals surface area contributed by atoms with Crippen LogP contribution in [0.15, 0.2) is 46.9 Å². The second-order valence-corrected chi connectivity index (χ2v) is 10.1. The van der Waals surface area contributed by atoms with Gasteiger partial charge in [-0.3, -0.25) is 9.59 Å². The van der Waals surface area contributed by atoms with E-state index in [2.05, 4.69) is 35.1 Å². The van der Waals surface area contributed by atoms with E-state index in [0.717, 1.165) is 10.0 Å². The van der Waals surface area contributed by atoms with Gasteiger partial charge in [0.1, 0.15) is 11.8 Å². The molecule has 0 spiro atoms. The van der Waals surface area contributed by atoms with Crippen molar-refractivity contribution in [1.29, 1.82) is 0 Å². The number of halogens is 2. The fraction of sp³-hybridized carbons (Fsp3) is 0.462. The molecule has 0 unspecified atom stereocenters. The lowest BCUT2D eigenvalue weighted by molar-refractivity contribution is -0.143. The maximum Gasteiger partial charge on any atom is 0.261 e. The lowest BCUT2D eigenvalue weighted by Crippen LogP contribution is -2.50. The molecule has 1 N–H and O–H groups in total. The first kappa shape index (κ1) is 27.2. The molecule has 33 heavy (non-hydrogen) atoms. The van der Waals surface area contributed by atoms with E-state index in [1.807, 2.05) is 57.2 Å². The normalized spacial score (nSPS) is 12.0. The van der Waals surface area contributed by atoms with Gasteiger partial charge >= 0.3 is 0 Å². The van der Waals surface area contributed by atoms with E-state index in [0.29, 0.717) is 35.6 Å². The average Bonchev–Trinajstić information content (AvgIpc) is 2.77. The number of rotatable bonds is 11. The highest BCUT2D eigenvalue weighted by Crippen LogP contribution is 2.29. The van der Waals surface area contributed by atoms with Gasteiger partial charge in [0.15, 0.2) is 6.61 Å². The predicted octanol–water partition coefficient (Wildman–Crippen LogP) is 6.18. The van der Waals surface area contributed by atoms with Crippen LogP contribution in [0.3, 0.4) is 0 Å². The van der Waals surface area contributed by atoms with Crippen molar-refractivity contribution in [3.8, 4) is 5.75 Å². The number of carbonyl (C=O) groups excluding carboxylic acids is 2. The molecule has 2 amide bonds. The molecular weight excluding hydrogens is 504 g/mol. The van der Waals surface area contributed by atoms with E-state index in [-0.39, 0.29) is 25.0 Å². The van der Waals surface area contributed by atoms with Crippen molar-refractivity contribution < 1.29 is 14.3 Å². The third kappa shape index (κ3) is 8.04. The molecule has 180 valence electrons. The fourth-order valence-electron chi connectivity index (χ4n) is 3.37. The Morgan fingerprint density at radius 3 is 2.39 bits per heavy atom. The third-order valence-electron chi connectivity index (χ3n) is 5.34. The second kappa shape index (κ2) is 13.0. The van der Waals surface area contributed by atoms with Crippen LogP contribution in [0.5, 0.6) is 5.75 Å². The molecule has 0 aliphatic heterocycles. The standard InChI is InChI=1S/C26H34BrClN2O3/c1-6-23(26(32)29-14-17(2)3)30(15-20-9-7-8-10-22(20)28)25(31)16-33-24-12-11-19(18(4)5)13-21(24)27/h7-13,17-18,23H,6,14-16H2,1-5H3,(H,29,32)/t23-/m1/s1. The quantitative estimate of drug-likeness (QED) is 0.372. The van der Waals surface area contributed by atoms with Crippen LogP contribution in [0, 0.1) is 5.92 Å². The third-order valence-corrected chi connectivity index (χ3v) is 6.33. The number of hydrogen-bond donors (Lipinski definition) is 1. The number of hydrogen-bond acceptors (Lipinski definition) is 3. The summed E-state index contributed by atoms with van der Waals surface area (Å²) in [6, 6.07) is 12.6. The van der Waals surface area contributed by atoms with E-state index in [1.165, 1.54) is 5.56 Å². The summed E-state index contributed by atoms with van der Waals surface area (Å²) in [7, 11) is 0. The van der Waals surface area contributed by atoms with Gasteiger partial charge in [-0.1, -0.05) is 70.5 Å². The van der Waals surface area contributed by atoms with Gasteiger partial charge in [-0.2, -0.15) is 0 Å². The number of carbonyl (C=O) groups is 2. The van der Waals surface area contributed by atoms with Crippen molar-refractivity contribution >= 4 is 39.3 Å². The molecule has 0 saturated heterocycles. The Morgan fingerprint density at radius 1 is 1.12 bits per heavy atom. The maximum absolute atomic E-state index is 13.3. The van der Waals surface area contributed by atoms with Crippen molar-refractivity contribution in [2.45, 2.75) is 59.5 Å². The number of nitrogens with one attached hydrogen (secondary N) is 1. The lowest BCUT2D eigenvalue weighted by atomic mass is 10.0. The fourth-order valence-corrected chi connectivity index (χ4v) is 4.07. The number of amides is 2. The van der Waals surface area contributed by atoms with Crippen molar-refractivity contribution in [2.75, 3.05) is 13.2 Å². The molecule has 0 bridgehead atoms. The minimum atomic E-state index is -0.622. The van der Waals surface area contributed by atoms with Crippen molar-refractivity contribution in [3.63, 3.8) is 0 Å². The summed E-state index contributed by atoms with van der Waals surface area (Å²) in [6.07, 6.45) is 0.479. The Kier molecular flexibility index (Phi) is 10.7. The molecule has 0 saturated carbocycles. The average molecular weight is 538 g/mol. The van der Waals surface area contributed by atoms with Gasteiger partial charge in [-0.15, -0.1) is 0 Å². The largest absolute Gasteiger partial charge is 0.483 e. The minimum absolute atomic E-state index is 0.172. The van der Waals surface area contributed by atoms with E-state index in [9.17, 15) is 9.59 Å². The number of benzene rings is 2. The summed E-state index contributed by atoms with van der Waals surface area (Å²) in [5.74, 6) is 0.838. The van der Waals surface area contributed by atoms with Crippen LogP contribution in [-0.2, 0) is 16.1 Å². The highest BCUT2D eigenvalue weighted by atomic mass is 79.9. The van der Waals surface area contributed by atoms with Crippen LogP contribution >= 0.6 is 27.5 Å². The Hall–Kier alpha value is -2.05. The van der Waals surface area contributed by atoms with E-state index in [1.54, 1.807) is 11.0 Å². The Balaban J connectivity index is 2.23. The first-order valence-electron chi connectivity index (χ1n) is 11.4. The number of nitrogens with zero attached hydrogens (tertiary/aromatic N) is 1. The molecule has 2 aromatic rings. The summed E-state index contributed by atoms with van der Waals surface area (Å²) in [6.45, 7) is 10.8. The molecule has 5 nitrogen and oxygen atoms in total. The number of ether oxygens (including phenoxy) is 1. The van der Waals surface area contributed by atoms with Gasteiger partial charge in [-0.05, 0) is 63.5 Å². The van der Waals surface area contributed by atoms with Gasteiger partial charge in [0.05, 0.1) is 4.47 Å². The van der Waals surface area contributed by atoms with Crippen molar-refractivity contribution in [2.24, 2.45) is 5.92 Å². The smallest absolute Gasteiger partial charge is 0.261 e. The lowest BCUT2D eigenvalue weighted by Gasteiger charge is -2.31. The van der Waals surface area contributed by atoms with Crippen LogP contribution in [0.25, 0.3) is 0 Å². The zero-order valence-electron chi connectivity index (χ0n) is 20.0. The van der Waals surface area contributed by atoms with Gasteiger partial charge in [-0.25, -0.2) is 0 Å². The molecular formula is C26H34BrClN2O3. The molecule has 7 heteroatoms. The van der Waals surface area contributed by atoms with Gasteiger partial charge < -0.3 is 15.0 Å². The first-order chi connectivity index (χ1) is 15.6. The molecule has 0 heterocycles. The zero-order chi connectivity index (χ0) is 24.5. The minimum Gasteiger partial charge on any atom is -0.483 e. The van der Waals surface area contributed by atoms with Gasteiger partial charge in [0.25, 0.3) is 5.91 Å². The molecule has 2 rings (SSSR count). The first-order valence-corrected chi connectivity index (χ1v) is 12.5. The zero-order valence-corrected chi connectivity index (χ0v) is 22.4.